The highest BCUT2D eigenvalue weighted by Crippen LogP contribution is 2.47. The molecule has 12 rings (SSSR count). The van der Waals surface area contributed by atoms with Crippen molar-refractivity contribution in [1.29, 1.82) is 0 Å². The topological polar surface area (TPSA) is 497 Å². The fourth-order valence-corrected chi connectivity index (χ4v) is 18.4. The molecule has 0 spiro atoms. The number of fused-ring (bicyclic) bond motifs is 2. The number of pyridine rings is 2. The second-order valence-electron chi connectivity index (χ2n) is 36.8. The molecular weight excluding hydrogens is 1870 g/mol. The standard InChI is InChI=1S/C50H61ClF2N8O10.C48H57ClF2N8O10/c1-27(2)44(58-40(64)10-6-5-7-19-60-41(65)15-16-42(60)66)39(63)21-31(9-8-18-55-49(54)69)48(68)57-33-13-11-30(12-14-33)26-71-50(70)56-28(3)32-17-20-59(24-32)46-37(53)22-34-45(43(46)51)61(38-23-36(38)52)25-35(29(4)62)47(34)67;1-26(2)42(56-38(62)9-5-4-6-18-58-39(63)14-15-40(58)64)37(61)20-29(8-7-17-53-47(52)67)46(66)54-30-12-10-28(11-13-30)25-69-48(68)55-31-16-19-57(23-31)44-35(51)21-32-43(41(44)49)59(36-22-34(36)50)24-33(27(3)60)45(32)65/h11-16,22,25,27-28,31-32,36,38,44H,5-10,17-21,23-24,26H2,1-4H3,(H,56,70)(H,57,68)(H,58,64)(H3,54,55,69);10-15,21,24,26,29,31,34,36,42H,4-9,16-20,22-23,25H2,1-3H3,(H,54,66)(H,55,68)(H,56,62)(H3,52,53,67)/t28?,31-,32?,36+,38+,44+;29-,31?,34+,36+,42+/m11/s1. The minimum atomic E-state index is -1.21. The normalized spacial score (nSPS) is 18.5. The molecule has 6 heterocycles. The van der Waals surface area contributed by atoms with Crippen LogP contribution in [0.5, 0.6) is 0 Å². The van der Waals surface area contributed by atoms with E-state index in [4.69, 9.17) is 44.1 Å². The van der Waals surface area contributed by atoms with E-state index >= 15 is 8.78 Å². The first-order chi connectivity index (χ1) is 66.5. The molecule has 4 fully saturated rings. The lowest BCUT2D eigenvalue weighted by atomic mass is 9.89. The van der Waals surface area contributed by atoms with Crippen LogP contribution in [0.15, 0.2) is 107 Å². The van der Waals surface area contributed by atoms with Crippen LogP contribution in [0.1, 0.15) is 208 Å². The number of nitrogens with one attached hydrogen (secondary N) is 8. The van der Waals surface area contributed by atoms with Crippen LogP contribution in [0.4, 0.5) is 59.5 Å². The number of hydrogen-bond acceptors (Lipinski definition) is 22. The first-order valence-electron chi connectivity index (χ1n) is 46.9. The quantitative estimate of drug-likeness (QED) is 0.00734. The molecule has 752 valence electrons. The van der Waals surface area contributed by atoms with Gasteiger partial charge in [0.15, 0.2) is 34.0 Å². The Labute approximate surface area is 814 Å². The van der Waals surface area contributed by atoms with Crippen LogP contribution < -0.4 is 74.7 Å². The summed E-state index contributed by atoms with van der Waals surface area (Å²) in [4.78, 5) is 232. The molecule has 4 aromatic carbocycles. The molecule has 2 saturated heterocycles. The van der Waals surface area contributed by atoms with Gasteiger partial charge in [0.2, 0.25) is 23.6 Å². The third-order valence-electron chi connectivity index (χ3n) is 25.5. The molecule has 6 aliphatic rings. The number of alkyl carbamates (subject to hydrolysis) is 2. The molecule has 3 unspecified atom stereocenters. The van der Waals surface area contributed by atoms with E-state index in [-0.39, 0.29) is 223 Å². The Morgan fingerprint density at radius 3 is 1.26 bits per heavy atom. The van der Waals surface area contributed by atoms with Crippen molar-refractivity contribution in [3.05, 3.63) is 162 Å². The number of rotatable bonds is 47. The van der Waals surface area contributed by atoms with Gasteiger partial charge in [-0.3, -0.25) is 76.9 Å². The minimum absolute atomic E-state index is 0.0112. The van der Waals surface area contributed by atoms with E-state index in [1.807, 2.05) is 0 Å². The van der Waals surface area contributed by atoms with Gasteiger partial charge in [-0.1, -0.05) is 88.0 Å². The maximum absolute atomic E-state index is 15.8. The lowest BCUT2D eigenvalue weighted by molar-refractivity contribution is -0.138. The number of hydrogen-bond donors (Lipinski definition) is 10. The van der Waals surface area contributed by atoms with Crippen LogP contribution in [0.3, 0.4) is 0 Å². The number of unbranched alkanes of at least 4 members (excludes halogenated alkanes) is 4. The Kier molecular flexibility index (Phi) is 37.4. The first kappa shape index (κ1) is 107. The van der Waals surface area contributed by atoms with Gasteiger partial charge >= 0.3 is 24.2 Å². The highest BCUT2D eigenvalue weighted by Gasteiger charge is 2.44. The Hall–Kier alpha value is -13.4. The van der Waals surface area contributed by atoms with E-state index in [2.05, 4.69) is 42.5 Å². The van der Waals surface area contributed by atoms with Crippen molar-refractivity contribution in [3.8, 4) is 0 Å². The van der Waals surface area contributed by atoms with Crippen molar-refractivity contribution < 1.29 is 104 Å². The summed E-state index contributed by atoms with van der Waals surface area (Å²) in [5.41, 5.74) is 11.0. The largest absolute Gasteiger partial charge is 0.445 e. The fraction of sp³-hybridized carbons (Fsp3) is 0.490. The summed E-state index contributed by atoms with van der Waals surface area (Å²) in [5.74, 6) is -8.77. The number of carbonyl (C=O) groups is 16. The second-order valence-corrected chi connectivity index (χ2v) is 37.6. The third kappa shape index (κ3) is 28.5. The van der Waals surface area contributed by atoms with E-state index in [1.54, 1.807) is 92.9 Å². The molecular formula is C98H118Cl2F4N16O20. The third-order valence-corrected chi connectivity index (χ3v) is 26.2. The van der Waals surface area contributed by atoms with Crippen LogP contribution in [-0.4, -0.2) is 202 Å². The molecule has 2 aromatic heterocycles. The zero-order valence-corrected chi connectivity index (χ0v) is 80.3. The number of halogens is 6. The van der Waals surface area contributed by atoms with Gasteiger partial charge in [-0.25, -0.2) is 36.7 Å². The SMILES string of the molecule is CC(=O)c1cn([C@H]2C[C@@H]2F)c2c(Cl)c(N3CCC(C(C)NC(=O)OCc4ccc(NC(=O)[C@H](CCCNC(N)=O)CC(=O)[C@@H](NC(=O)CCCCCN5C(=O)C=CC5=O)C(C)C)cc4)C3)c(F)cc2c1=O.CC(=O)c1cn([C@H]2C[C@@H]2F)c2c(Cl)c(N3CCC(NC(=O)OCc4ccc(NC(=O)[C@H](CCCNC(N)=O)CC(=O)[C@@H](NC(=O)CCCCCN5C(=O)C=CC5=O)C(C)C)cc4)C3)c(F)cc2c1=O. The van der Waals surface area contributed by atoms with Crippen molar-refractivity contribution in [2.45, 2.75) is 226 Å². The van der Waals surface area contributed by atoms with Gasteiger partial charge < -0.3 is 82.4 Å². The zero-order chi connectivity index (χ0) is 102. The number of nitrogens with two attached hydrogens (primary N) is 2. The average molecular weight is 1990 g/mol. The van der Waals surface area contributed by atoms with Gasteiger partial charge in [0.25, 0.3) is 23.6 Å². The second kappa shape index (κ2) is 48.9. The molecule has 0 bridgehead atoms. The van der Waals surface area contributed by atoms with Crippen LogP contribution in [0.25, 0.3) is 21.8 Å². The van der Waals surface area contributed by atoms with Crippen LogP contribution in [0, 0.1) is 41.2 Å². The predicted molar refractivity (Wildman–Crippen MR) is 513 cm³/mol. The van der Waals surface area contributed by atoms with Gasteiger partial charge in [-0.2, -0.15) is 0 Å². The number of ether oxygens (including phenoxy) is 2. The minimum Gasteiger partial charge on any atom is -0.445 e. The number of ketones is 4. The van der Waals surface area contributed by atoms with Gasteiger partial charge in [-0.05, 0) is 150 Å². The van der Waals surface area contributed by atoms with Gasteiger partial charge in [0.1, 0.15) is 37.2 Å². The number of alkyl halides is 2. The van der Waals surface area contributed by atoms with Gasteiger partial charge in [0.05, 0.1) is 84.6 Å². The number of anilines is 4. The number of primary amides is 2. The Morgan fingerprint density at radius 2 is 0.886 bits per heavy atom. The van der Waals surface area contributed by atoms with E-state index in [0.29, 0.717) is 99.8 Å². The van der Waals surface area contributed by atoms with Crippen molar-refractivity contribution in [3.63, 3.8) is 0 Å². The smallest absolute Gasteiger partial charge is 0.407 e. The highest BCUT2D eigenvalue weighted by molar-refractivity contribution is 6.38. The Balaban J connectivity index is 0.000000268. The van der Waals surface area contributed by atoms with Crippen molar-refractivity contribution >= 4 is 162 Å². The number of carbonyl (C=O) groups excluding carboxylic acids is 16. The molecule has 14 amide bonds. The summed E-state index contributed by atoms with van der Waals surface area (Å²) < 4.78 is 74.0. The lowest BCUT2D eigenvalue weighted by Gasteiger charge is -2.25. The fourth-order valence-electron chi connectivity index (χ4n) is 17.5. The van der Waals surface area contributed by atoms with E-state index in [9.17, 15) is 95.1 Å². The number of imide groups is 2. The number of urea groups is 2. The summed E-state index contributed by atoms with van der Waals surface area (Å²) in [6.45, 7) is 13.1. The van der Waals surface area contributed by atoms with E-state index in [1.165, 1.54) is 59.7 Å². The lowest BCUT2D eigenvalue weighted by Crippen LogP contribution is -2.45. The molecule has 36 nitrogen and oxygen atoms in total. The number of benzene rings is 4. The highest BCUT2D eigenvalue weighted by atomic mass is 35.5. The van der Waals surface area contributed by atoms with Crippen LogP contribution in [0.2, 0.25) is 10.0 Å². The van der Waals surface area contributed by atoms with Gasteiger partial charge in [0, 0.05) is 157 Å². The summed E-state index contributed by atoms with van der Waals surface area (Å²) in [7, 11) is 0. The maximum atomic E-state index is 15.8. The summed E-state index contributed by atoms with van der Waals surface area (Å²) in [6, 6.07) is 9.72. The van der Waals surface area contributed by atoms with Gasteiger partial charge in [-0.15, -0.1) is 0 Å². The van der Waals surface area contributed by atoms with Crippen molar-refractivity contribution in [1.82, 2.24) is 50.8 Å². The number of amides is 14. The summed E-state index contributed by atoms with van der Waals surface area (Å²) in [5, 5.41) is 21.4. The van der Waals surface area contributed by atoms with E-state index < -0.39 is 131 Å². The predicted octanol–water partition coefficient (Wildman–Crippen LogP) is 11.4. The molecule has 12 N–H and O–H groups in total. The average Bonchev–Trinajstić information content (AvgIpc) is 1.49. The molecule has 140 heavy (non-hydrogen) atoms. The first-order valence-corrected chi connectivity index (χ1v) is 47.7. The molecule has 2 aliphatic carbocycles. The van der Waals surface area contributed by atoms with Crippen LogP contribution >= 0.6 is 23.2 Å². The Morgan fingerprint density at radius 1 is 0.500 bits per heavy atom. The molecule has 0 radical (unpaired) electrons. The molecule has 6 aromatic rings. The number of nitrogens with zero attached hydrogens (tertiary/aromatic N) is 6. The zero-order valence-electron chi connectivity index (χ0n) is 78.8. The van der Waals surface area contributed by atoms with Crippen molar-refractivity contribution in [2.24, 2.45) is 41.1 Å². The molecule has 42 heteroatoms. The molecule has 11 atom stereocenters. The van der Waals surface area contributed by atoms with E-state index in [0.717, 1.165) is 21.9 Å². The molecule has 4 aliphatic heterocycles. The van der Waals surface area contributed by atoms with Crippen LogP contribution in [-0.2, 0) is 70.6 Å². The Bertz CT molecular complexity index is 5900. The summed E-state index contributed by atoms with van der Waals surface area (Å²) >= 11 is 13.6. The van der Waals surface area contributed by atoms with Crippen molar-refractivity contribution in [2.75, 3.05) is 72.8 Å². The maximum Gasteiger partial charge on any atom is 0.407 e. The number of Topliss-reactive ketones (excluding diaryl/α,β-unsaturated/α-hetero) is 4. The molecule has 2 saturated carbocycles. The summed E-state index contributed by atoms with van der Waals surface area (Å²) in [6.07, 6.45) is 9.02. The number of aromatic nitrogens is 2. The monoisotopic (exact) mass is 1980 g/mol.